The van der Waals surface area contributed by atoms with Gasteiger partial charge in [-0.15, -0.1) is 0 Å². The van der Waals surface area contributed by atoms with Crippen molar-refractivity contribution in [1.29, 1.82) is 0 Å². The van der Waals surface area contributed by atoms with Crippen LogP contribution in [0.5, 0.6) is 0 Å². The Morgan fingerprint density at radius 1 is 1.50 bits per heavy atom. The lowest BCUT2D eigenvalue weighted by molar-refractivity contribution is 0.0679. The number of aliphatic hydroxyl groups excluding tert-OH is 1. The number of carbonyl (C=O) groups is 1. The molecule has 1 saturated carbocycles. The van der Waals surface area contributed by atoms with E-state index in [1.54, 1.807) is 17.9 Å². The molecule has 1 atom stereocenters. The number of aryl methyl sites for hydroxylation is 2. The summed E-state index contributed by atoms with van der Waals surface area (Å²) < 4.78 is 1.64. The van der Waals surface area contributed by atoms with Gasteiger partial charge < -0.3 is 10.4 Å². The second-order valence-electron chi connectivity index (χ2n) is 6.17. The third-order valence-corrected chi connectivity index (χ3v) is 4.49. The number of amides is 1. The molecule has 20 heavy (non-hydrogen) atoms. The van der Waals surface area contributed by atoms with Crippen molar-refractivity contribution in [1.82, 2.24) is 15.1 Å². The number of hydrogen-bond acceptors (Lipinski definition) is 3. The van der Waals surface area contributed by atoms with Crippen LogP contribution in [0, 0.1) is 12.8 Å². The summed E-state index contributed by atoms with van der Waals surface area (Å²) in [5.41, 5.74) is 0.761. The Morgan fingerprint density at radius 3 is 2.65 bits per heavy atom. The molecule has 112 valence electrons. The molecule has 0 spiro atoms. The molecule has 1 aromatic rings. The molecule has 1 heterocycles. The molecule has 0 aromatic carbocycles. The predicted octanol–water partition coefficient (Wildman–Crippen LogP) is 1.79. The van der Waals surface area contributed by atoms with Crippen molar-refractivity contribution in [2.24, 2.45) is 13.0 Å². The fourth-order valence-corrected chi connectivity index (χ4v) is 3.16. The average Bonchev–Trinajstić information content (AvgIpc) is 2.78. The molecule has 1 aliphatic carbocycles. The van der Waals surface area contributed by atoms with Gasteiger partial charge in [-0.05, 0) is 32.6 Å². The molecule has 0 saturated heterocycles. The van der Waals surface area contributed by atoms with E-state index in [0.29, 0.717) is 17.2 Å². The number of nitrogens with zero attached hydrogens (tertiary/aromatic N) is 2. The van der Waals surface area contributed by atoms with Crippen molar-refractivity contribution in [2.45, 2.75) is 51.5 Å². The Labute approximate surface area is 120 Å². The van der Waals surface area contributed by atoms with E-state index in [2.05, 4.69) is 10.4 Å². The Morgan fingerprint density at radius 2 is 2.15 bits per heavy atom. The van der Waals surface area contributed by atoms with E-state index < -0.39 is 5.54 Å². The lowest BCUT2D eigenvalue weighted by Crippen LogP contribution is -2.54. The van der Waals surface area contributed by atoms with Crippen LogP contribution in [-0.4, -0.2) is 32.9 Å². The monoisotopic (exact) mass is 279 g/mol. The smallest absolute Gasteiger partial charge is 0.255 e. The Bertz CT molecular complexity index is 477. The Kier molecular flexibility index (Phi) is 4.48. The van der Waals surface area contributed by atoms with Crippen molar-refractivity contribution in [2.75, 3.05) is 6.61 Å². The lowest BCUT2D eigenvalue weighted by atomic mass is 9.76. The van der Waals surface area contributed by atoms with E-state index in [-0.39, 0.29) is 12.5 Å². The first-order valence-corrected chi connectivity index (χ1v) is 7.40. The number of carbonyl (C=O) groups excluding carboxylic acids is 1. The summed E-state index contributed by atoms with van der Waals surface area (Å²) in [6, 6.07) is 0. The van der Waals surface area contributed by atoms with Gasteiger partial charge in [0, 0.05) is 13.2 Å². The minimum Gasteiger partial charge on any atom is -0.394 e. The first-order chi connectivity index (χ1) is 9.46. The average molecular weight is 279 g/mol. The SMILES string of the molecule is Cc1nn(C)cc1C(=O)N[C@@](C)(CO)C1CCCCC1. The second kappa shape index (κ2) is 5.95. The van der Waals surface area contributed by atoms with Crippen LogP contribution >= 0.6 is 0 Å². The highest BCUT2D eigenvalue weighted by Crippen LogP contribution is 2.32. The largest absolute Gasteiger partial charge is 0.394 e. The summed E-state index contributed by atoms with van der Waals surface area (Å²) in [4.78, 5) is 12.4. The topological polar surface area (TPSA) is 67.2 Å². The highest BCUT2D eigenvalue weighted by molar-refractivity contribution is 5.95. The van der Waals surface area contributed by atoms with Crippen LogP contribution < -0.4 is 5.32 Å². The van der Waals surface area contributed by atoms with Crippen LogP contribution in [0.15, 0.2) is 6.20 Å². The van der Waals surface area contributed by atoms with Gasteiger partial charge in [0.2, 0.25) is 0 Å². The first kappa shape index (κ1) is 15.0. The molecule has 1 fully saturated rings. The van der Waals surface area contributed by atoms with E-state index >= 15 is 0 Å². The van der Waals surface area contributed by atoms with Crippen LogP contribution in [0.4, 0.5) is 0 Å². The molecule has 1 aromatic heterocycles. The van der Waals surface area contributed by atoms with Gasteiger partial charge in [-0.2, -0.15) is 5.10 Å². The van der Waals surface area contributed by atoms with Gasteiger partial charge in [0.1, 0.15) is 0 Å². The van der Waals surface area contributed by atoms with Gasteiger partial charge in [0.05, 0.1) is 23.4 Å². The molecule has 0 bridgehead atoms. The van der Waals surface area contributed by atoms with Gasteiger partial charge in [-0.25, -0.2) is 0 Å². The fraction of sp³-hybridized carbons (Fsp3) is 0.733. The summed E-state index contributed by atoms with van der Waals surface area (Å²) in [6.07, 6.45) is 7.49. The molecule has 1 aliphatic rings. The van der Waals surface area contributed by atoms with Crippen molar-refractivity contribution in [3.63, 3.8) is 0 Å². The van der Waals surface area contributed by atoms with Gasteiger partial charge in [-0.3, -0.25) is 9.48 Å². The standard InChI is InChI=1S/C15H25N3O2/c1-11-13(9-18(3)17-11)14(20)16-15(2,10-19)12-7-5-4-6-8-12/h9,12,19H,4-8,10H2,1-3H3,(H,16,20)/t15-/m0/s1. The number of hydrogen-bond donors (Lipinski definition) is 2. The van der Waals surface area contributed by atoms with Crippen molar-refractivity contribution in [3.05, 3.63) is 17.5 Å². The van der Waals surface area contributed by atoms with Gasteiger partial charge in [-0.1, -0.05) is 19.3 Å². The molecule has 2 rings (SSSR count). The van der Waals surface area contributed by atoms with E-state index in [9.17, 15) is 9.90 Å². The lowest BCUT2D eigenvalue weighted by Gasteiger charge is -2.39. The molecule has 1 amide bonds. The molecular formula is C15H25N3O2. The van der Waals surface area contributed by atoms with Crippen LogP contribution in [0.2, 0.25) is 0 Å². The predicted molar refractivity (Wildman–Crippen MR) is 77.5 cm³/mol. The molecular weight excluding hydrogens is 254 g/mol. The zero-order valence-electron chi connectivity index (χ0n) is 12.6. The highest BCUT2D eigenvalue weighted by Gasteiger charge is 2.36. The maximum Gasteiger partial charge on any atom is 0.255 e. The van der Waals surface area contributed by atoms with Gasteiger partial charge in [0.15, 0.2) is 0 Å². The summed E-state index contributed by atoms with van der Waals surface area (Å²) in [7, 11) is 1.80. The van der Waals surface area contributed by atoms with Crippen molar-refractivity contribution >= 4 is 5.91 Å². The van der Waals surface area contributed by atoms with E-state index in [0.717, 1.165) is 12.8 Å². The van der Waals surface area contributed by atoms with Crippen molar-refractivity contribution < 1.29 is 9.90 Å². The molecule has 5 nitrogen and oxygen atoms in total. The maximum absolute atomic E-state index is 12.4. The quantitative estimate of drug-likeness (QED) is 0.883. The van der Waals surface area contributed by atoms with E-state index in [1.165, 1.54) is 19.3 Å². The molecule has 0 unspecified atom stereocenters. The highest BCUT2D eigenvalue weighted by atomic mass is 16.3. The van der Waals surface area contributed by atoms with Crippen LogP contribution in [0.1, 0.15) is 55.1 Å². The third-order valence-electron chi connectivity index (χ3n) is 4.49. The molecule has 0 aliphatic heterocycles. The number of aliphatic hydroxyl groups is 1. The summed E-state index contributed by atoms with van der Waals surface area (Å²) in [6.45, 7) is 3.75. The molecule has 0 radical (unpaired) electrons. The number of rotatable bonds is 4. The van der Waals surface area contributed by atoms with Crippen LogP contribution in [-0.2, 0) is 7.05 Å². The van der Waals surface area contributed by atoms with Gasteiger partial charge >= 0.3 is 0 Å². The normalized spacial score (nSPS) is 19.6. The maximum atomic E-state index is 12.4. The Balaban J connectivity index is 2.12. The number of nitrogens with one attached hydrogen (secondary N) is 1. The summed E-state index contributed by atoms with van der Waals surface area (Å²) in [5.74, 6) is 0.208. The fourth-order valence-electron chi connectivity index (χ4n) is 3.16. The molecule has 5 heteroatoms. The zero-order valence-corrected chi connectivity index (χ0v) is 12.6. The third kappa shape index (κ3) is 3.03. The minimum absolute atomic E-state index is 0.0251. The van der Waals surface area contributed by atoms with Crippen LogP contribution in [0.3, 0.4) is 0 Å². The minimum atomic E-state index is -0.542. The Hall–Kier alpha value is -1.36. The molecule has 2 N–H and O–H groups in total. The van der Waals surface area contributed by atoms with E-state index in [1.807, 2.05) is 13.8 Å². The second-order valence-corrected chi connectivity index (χ2v) is 6.17. The van der Waals surface area contributed by atoms with Crippen molar-refractivity contribution in [3.8, 4) is 0 Å². The number of aromatic nitrogens is 2. The van der Waals surface area contributed by atoms with Gasteiger partial charge in [0.25, 0.3) is 5.91 Å². The summed E-state index contributed by atoms with van der Waals surface area (Å²) in [5, 5.41) is 17.0. The van der Waals surface area contributed by atoms with E-state index in [4.69, 9.17) is 0 Å². The summed E-state index contributed by atoms with van der Waals surface area (Å²) >= 11 is 0. The van der Waals surface area contributed by atoms with Crippen LogP contribution in [0.25, 0.3) is 0 Å². The zero-order chi connectivity index (χ0) is 14.8. The first-order valence-electron chi connectivity index (χ1n) is 7.40.